The van der Waals surface area contributed by atoms with Gasteiger partial charge in [-0.1, -0.05) is 11.6 Å². The number of hydrogen-bond acceptors (Lipinski definition) is 3. The molecule has 0 fully saturated rings. The highest BCUT2D eigenvalue weighted by atomic mass is 127. The van der Waals surface area contributed by atoms with Gasteiger partial charge >= 0.3 is 5.97 Å². The largest absolute Gasteiger partial charge is 0.480 e. The quantitative estimate of drug-likeness (QED) is 0.694. The fourth-order valence-corrected chi connectivity index (χ4v) is 1.85. The number of carbonyl (C=O) groups is 2. The third-order valence-electron chi connectivity index (χ3n) is 1.96. The van der Waals surface area contributed by atoms with Crippen LogP contribution in [0.3, 0.4) is 0 Å². The third-order valence-corrected chi connectivity index (χ3v) is 3.13. The van der Waals surface area contributed by atoms with Crippen molar-refractivity contribution < 1.29 is 19.8 Å². The Labute approximate surface area is 116 Å². The van der Waals surface area contributed by atoms with Crippen molar-refractivity contribution in [2.75, 3.05) is 6.61 Å². The predicted molar refractivity (Wildman–Crippen MR) is 70.1 cm³/mol. The number of hydrogen-bond donors (Lipinski definition) is 3. The van der Waals surface area contributed by atoms with E-state index in [1.165, 1.54) is 6.07 Å². The van der Waals surface area contributed by atoms with E-state index in [0.29, 0.717) is 8.59 Å². The molecule has 1 atom stereocenters. The van der Waals surface area contributed by atoms with Crippen molar-refractivity contribution in [3.8, 4) is 0 Å². The number of aliphatic hydroxyl groups is 1. The van der Waals surface area contributed by atoms with E-state index in [2.05, 4.69) is 5.32 Å². The van der Waals surface area contributed by atoms with Crippen LogP contribution in [0.25, 0.3) is 0 Å². The Morgan fingerprint density at radius 1 is 1.47 bits per heavy atom. The van der Waals surface area contributed by atoms with Gasteiger partial charge in [0.05, 0.1) is 12.2 Å². The zero-order valence-electron chi connectivity index (χ0n) is 8.48. The molecule has 0 aliphatic carbocycles. The molecule has 0 aromatic heterocycles. The number of rotatable bonds is 4. The van der Waals surface area contributed by atoms with Crippen LogP contribution in [0.2, 0.25) is 5.02 Å². The van der Waals surface area contributed by atoms with Crippen molar-refractivity contribution in [1.29, 1.82) is 0 Å². The molecule has 0 aliphatic heterocycles. The Morgan fingerprint density at radius 3 is 2.65 bits per heavy atom. The maximum Gasteiger partial charge on any atom is 0.328 e. The standard InChI is InChI=1S/C10H9ClINO4/c11-5-1-2-7(12)6(3-5)9(15)13-8(4-14)10(16)17/h1-3,8,14H,4H2,(H,13,15)(H,16,17). The molecule has 5 nitrogen and oxygen atoms in total. The number of aliphatic hydroxyl groups excluding tert-OH is 1. The number of halogens is 2. The second kappa shape index (κ2) is 6.18. The average molecular weight is 370 g/mol. The van der Waals surface area contributed by atoms with Gasteiger partial charge in [0.25, 0.3) is 5.91 Å². The molecule has 1 amide bonds. The molecule has 3 N–H and O–H groups in total. The van der Waals surface area contributed by atoms with Crippen molar-refractivity contribution in [1.82, 2.24) is 5.32 Å². The molecule has 92 valence electrons. The van der Waals surface area contributed by atoms with E-state index in [0.717, 1.165) is 0 Å². The minimum absolute atomic E-state index is 0.276. The molecule has 1 aromatic rings. The molecule has 0 bridgehead atoms. The van der Waals surface area contributed by atoms with Gasteiger partial charge in [-0.3, -0.25) is 4.79 Å². The lowest BCUT2D eigenvalue weighted by Gasteiger charge is -2.12. The van der Waals surface area contributed by atoms with E-state index in [-0.39, 0.29) is 5.56 Å². The number of amides is 1. The molecule has 0 saturated heterocycles. The number of carboxylic acid groups (broad SMARTS) is 1. The van der Waals surface area contributed by atoms with Gasteiger partial charge in [-0.2, -0.15) is 0 Å². The summed E-state index contributed by atoms with van der Waals surface area (Å²) in [6.07, 6.45) is 0. The zero-order valence-corrected chi connectivity index (χ0v) is 11.4. The SMILES string of the molecule is O=C(NC(CO)C(=O)O)c1cc(Cl)ccc1I. The second-order valence-corrected chi connectivity index (χ2v) is 4.77. The van der Waals surface area contributed by atoms with E-state index in [1.807, 2.05) is 22.6 Å². The summed E-state index contributed by atoms with van der Waals surface area (Å²) in [5.41, 5.74) is 0.276. The van der Waals surface area contributed by atoms with Crippen LogP contribution in [0.4, 0.5) is 0 Å². The predicted octanol–water partition coefficient (Wildman–Crippen LogP) is 1.12. The highest BCUT2D eigenvalue weighted by molar-refractivity contribution is 14.1. The Hall–Kier alpha value is -0.860. The maximum atomic E-state index is 11.7. The Bertz CT molecular complexity index is 452. The van der Waals surface area contributed by atoms with Crippen LogP contribution in [0.15, 0.2) is 18.2 Å². The summed E-state index contributed by atoms with van der Waals surface area (Å²) in [4.78, 5) is 22.4. The van der Waals surface area contributed by atoms with Crippen LogP contribution in [0.5, 0.6) is 0 Å². The number of nitrogens with one attached hydrogen (secondary N) is 1. The first-order valence-electron chi connectivity index (χ1n) is 4.55. The van der Waals surface area contributed by atoms with Gasteiger partial charge in [-0.05, 0) is 40.8 Å². The molecular weight excluding hydrogens is 360 g/mol. The Kier molecular flexibility index (Phi) is 5.16. The van der Waals surface area contributed by atoms with Gasteiger partial charge in [0.1, 0.15) is 0 Å². The first-order chi connectivity index (χ1) is 7.95. The Balaban J connectivity index is 2.89. The smallest absolute Gasteiger partial charge is 0.328 e. The van der Waals surface area contributed by atoms with E-state index >= 15 is 0 Å². The van der Waals surface area contributed by atoms with Crippen LogP contribution in [0, 0.1) is 3.57 Å². The third kappa shape index (κ3) is 3.83. The Morgan fingerprint density at radius 2 is 2.12 bits per heavy atom. The van der Waals surface area contributed by atoms with Crippen molar-refractivity contribution in [3.05, 3.63) is 32.4 Å². The average Bonchev–Trinajstić information content (AvgIpc) is 2.28. The van der Waals surface area contributed by atoms with E-state index in [9.17, 15) is 9.59 Å². The molecule has 0 saturated carbocycles. The van der Waals surface area contributed by atoms with E-state index < -0.39 is 24.5 Å². The fraction of sp³-hybridized carbons (Fsp3) is 0.200. The molecule has 0 spiro atoms. The number of aliphatic carboxylic acids is 1. The van der Waals surface area contributed by atoms with Crippen molar-refractivity contribution in [3.63, 3.8) is 0 Å². The molecule has 0 heterocycles. The summed E-state index contributed by atoms with van der Waals surface area (Å²) in [6.45, 7) is -0.668. The lowest BCUT2D eigenvalue weighted by molar-refractivity contribution is -0.140. The van der Waals surface area contributed by atoms with Crippen LogP contribution in [-0.2, 0) is 4.79 Å². The summed E-state index contributed by atoms with van der Waals surface area (Å²) >= 11 is 7.68. The van der Waals surface area contributed by atoms with Gasteiger partial charge in [0, 0.05) is 8.59 Å². The highest BCUT2D eigenvalue weighted by Crippen LogP contribution is 2.17. The van der Waals surface area contributed by atoms with Crippen LogP contribution < -0.4 is 5.32 Å². The lowest BCUT2D eigenvalue weighted by atomic mass is 10.2. The van der Waals surface area contributed by atoms with Crippen LogP contribution in [0.1, 0.15) is 10.4 Å². The zero-order chi connectivity index (χ0) is 13.0. The summed E-state index contributed by atoms with van der Waals surface area (Å²) < 4.78 is 0.645. The van der Waals surface area contributed by atoms with Gasteiger partial charge in [0.2, 0.25) is 0 Å². The summed E-state index contributed by atoms with van der Waals surface area (Å²) in [6, 6.07) is 3.39. The molecule has 1 aromatic carbocycles. The number of benzene rings is 1. The lowest BCUT2D eigenvalue weighted by Crippen LogP contribution is -2.43. The molecule has 17 heavy (non-hydrogen) atoms. The van der Waals surface area contributed by atoms with Crippen molar-refractivity contribution in [2.45, 2.75) is 6.04 Å². The first-order valence-corrected chi connectivity index (χ1v) is 6.01. The number of carbonyl (C=O) groups excluding carboxylic acids is 1. The first kappa shape index (κ1) is 14.2. The number of carboxylic acids is 1. The molecule has 7 heteroatoms. The molecule has 0 aliphatic rings. The maximum absolute atomic E-state index is 11.7. The fourth-order valence-electron chi connectivity index (χ4n) is 1.09. The molecular formula is C10H9ClINO4. The van der Waals surface area contributed by atoms with Crippen LogP contribution >= 0.6 is 34.2 Å². The topological polar surface area (TPSA) is 86.6 Å². The van der Waals surface area contributed by atoms with Gasteiger partial charge < -0.3 is 15.5 Å². The highest BCUT2D eigenvalue weighted by Gasteiger charge is 2.20. The van der Waals surface area contributed by atoms with E-state index in [4.69, 9.17) is 21.8 Å². The second-order valence-electron chi connectivity index (χ2n) is 3.17. The normalized spacial score (nSPS) is 11.9. The summed E-state index contributed by atoms with van der Waals surface area (Å²) in [5, 5.41) is 20.1. The van der Waals surface area contributed by atoms with Gasteiger partial charge in [-0.15, -0.1) is 0 Å². The minimum Gasteiger partial charge on any atom is -0.480 e. The van der Waals surface area contributed by atoms with Gasteiger partial charge in [0.15, 0.2) is 6.04 Å². The molecule has 0 radical (unpaired) electrons. The monoisotopic (exact) mass is 369 g/mol. The molecule has 1 unspecified atom stereocenters. The van der Waals surface area contributed by atoms with Crippen molar-refractivity contribution in [2.24, 2.45) is 0 Å². The van der Waals surface area contributed by atoms with Crippen LogP contribution in [-0.4, -0.2) is 34.7 Å². The minimum atomic E-state index is -1.32. The van der Waals surface area contributed by atoms with Crippen molar-refractivity contribution >= 4 is 46.1 Å². The summed E-state index contributed by atoms with van der Waals surface area (Å²) in [7, 11) is 0. The summed E-state index contributed by atoms with van der Waals surface area (Å²) in [5.74, 6) is -1.88. The molecule has 1 rings (SSSR count). The van der Waals surface area contributed by atoms with E-state index in [1.54, 1.807) is 12.1 Å². The van der Waals surface area contributed by atoms with Gasteiger partial charge in [-0.25, -0.2) is 4.79 Å².